The van der Waals surface area contributed by atoms with E-state index in [1.165, 1.54) is 7.11 Å². The van der Waals surface area contributed by atoms with Crippen molar-refractivity contribution in [2.24, 2.45) is 5.73 Å². The number of benzene rings is 1. The quantitative estimate of drug-likeness (QED) is 0.548. The van der Waals surface area contributed by atoms with Crippen molar-refractivity contribution in [3.8, 4) is 5.75 Å². The molecule has 158 valence electrons. The molecule has 2 amide bonds. The van der Waals surface area contributed by atoms with Crippen LogP contribution >= 0.6 is 0 Å². The lowest BCUT2D eigenvalue weighted by molar-refractivity contribution is 0.0988. The van der Waals surface area contributed by atoms with Gasteiger partial charge in [-0.05, 0) is 25.0 Å². The monoisotopic (exact) mass is 411 g/mol. The summed E-state index contributed by atoms with van der Waals surface area (Å²) < 4.78 is 12.8. The predicted octanol–water partition coefficient (Wildman–Crippen LogP) is 3.22. The van der Waals surface area contributed by atoms with Gasteiger partial charge in [0.2, 0.25) is 17.6 Å². The summed E-state index contributed by atoms with van der Waals surface area (Å²) in [6, 6.07) is 3.14. The number of carbonyl (C=O) groups excluding carboxylic acids is 2. The van der Waals surface area contributed by atoms with Crippen LogP contribution in [0.25, 0.3) is 11.0 Å². The molecule has 2 heterocycles. The number of hydrogen-bond donors (Lipinski definition) is 2. The molecule has 0 aliphatic carbocycles. The lowest BCUT2D eigenvalue weighted by Gasteiger charge is -2.10. The van der Waals surface area contributed by atoms with E-state index < -0.39 is 11.8 Å². The maximum atomic E-state index is 12.9. The topological polar surface area (TPSA) is 125 Å². The summed E-state index contributed by atoms with van der Waals surface area (Å²) in [4.78, 5) is 33.3. The Morgan fingerprint density at radius 3 is 2.67 bits per heavy atom. The fourth-order valence-corrected chi connectivity index (χ4v) is 3.19. The number of carbonyl (C=O) groups is 2. The number of nitrogens with zero attached hydrogens (tertiary/aromatic N) is 3. The van der Waals surface area contributed by atoms with Gasteiger partial charge in [0.25, 0.3) is 5.91 Å². The molecule has 0 saturated carbocycles. The van der Waals surface area contributed by atoms with Crippen molar-refractivity contribution < 1.29 is 18.7 Å². The third kappa shape index (κ3) is 4.05. The van der Waals surface area contributed by atoms with Crippen molar-refractivity contribution in [1.82, 2.24) is 14.5 Å². The number of anilines is 1. The molecule has 3 N–H and O–H groups in total. The first-order chi connectivity index (χ1) is 14.4. The van der Waals surface area contributed by atoms with Crippen molar-refractivity contribution in [3.05, 3.63) is 47.2 Å². The number of hydrogen-bond acceptors (Lipinski definition) is 6. The number of amides is 2. The van der Waals surface area contributed by atoms with Gasteiger partial charge in [0.05, 0.1) is 18.3 Å². The number of rotatable bonds is 8. The molecule has 9 heteroatoms. The molecule has 2 aromatic heterocycles. The average Bonchev–Trinajstić information content (AvgIpc) is 3.27. The van der Waals surface area contributed by atoms with Gasteiger partial charge < -0.3 is 19.5 Å². The van der Waals surface area contributed by atoms with Crippen molar-refractivity contribution in [1.29, 1.82) is 0 Å². The highest BCUT2D eigenvalue weighted by Crippen LogP contribution is 2.31. The molecule has 3 aromatic rings. The Labute approximate surface area is 173 Å². The number of allylic oxidation sites excluding steroid dienone is 2. The van der Waals surface area contributed by atoms with Gasteiger partial charge >= 0.3 is 0 Å². The van der Waals surface area contributed by atoms with Gasteiger partial charge in [-0.3, -0.25) is 14.9 Å². The van der Waals surface area contributed by atoms with Gasteiger partial charge in [-0.15, -0.1) is 0 Å². The molecular formula is C21H25N5O4. The summed E-state index contributed by atoms with van der Waals surface area (Å²) >= 11 is 0. The lowest BCUT2D eigenvalue weighted by Crippen LogP contribution is -2.17. The molecule has 0 spiro atoms. The van der Waals surface area contributed by atoms with Crippen molar-refractivity contribution in [3.63, 3.8) is 0 Å². The van der Waals surface area contributed by atoms with E-state index in [1.54, 1.807) is 23.6 Å². The number of aryl methyl sites for hydroxylation is 2. The molecule has 3 rings (SSSR count). The standard InChI is InChI=1S/C21H25N5O4/c1-5-7-8-9-26-17-15(10-13(19(22)27)11-16(17)29-4)24-21(26)25-20(28)18-14(6-2)23-12(3)30-18/h7-8,10-11H,5-6,9H2,1-4H3,(H2,22,27)(H,24,25,28)/b8-7+. The smallest absolute Gasteiger partial charge is 0.295 e. The maximum absolute atomic E-state index is 12.9. The molecule has 0 bridgehead atoms. The third-order valence-corrected chi connectivity index (χ3v) is 4.57. The van der Waals surface area contributed by atoms with E-state index in [4.69, 9.17) is 14.9 Å². The summed E-state index contributed by atoms with van der Waals surface area (Å²) in [5.74, 6) is 0.269. The minimum absolute atomic E-state index is 0.155. The van der Waals surface area contributed by atoms with Crippen molar-refractivity contribution in [2.45, 2.75) is 40.2 Å². The molecule has 0 aliphatic rings. The number of fused-ring (bicyclic) bond motifs is 1. The van der Waals surface area contributed by atoms with E-state index in [9.17, 15) is 9.59 Å². The van der Waals surface area contributed by atoms with Crippen molar-refractivity contribution in [2.75, 3.05) is 12.4 Å². The van der Waals surface area contributed by atoms with Crippen LogP contribution in [-0.2, 0) is 13.0 Å². The molecule has 0 aliphatic heterocycles. The normalized spacial score (nSPS) is 11.3. The van der Waals surface area contributed by atoms with Crippen LogP contribution in [0.1, 0.15) is 52.8 Å². The SMILES string of the molecule is CC/C=C/Cn1c(NC(=O)c2oc(C)nc2CC)nc2cc(C(N)=O)cc(OC)c21. The molecule has 0 fully saturated rings. The second kappa shape index (κ2) is 8.81. The molecule has 0 saturated heterocycles. The zero-order valence-electron chi connectivity index (χ0n) is 17.5. The van der Waals surface area contributed by atoms with Crippen LogP contribution in [0.15, 0.2) is 28.7 Å². The Morgan fingerprint density at radius 2 is 2.03 bits per heavy atom. The zero-order valence-corrected chi connectivity index (χ0v) is 17.5. The number of oxazole rings is 1. The van der Waals surface area contributed by atoms with Crippen LogP contribution in [-0.4, -0.2) is 33.5 Å². The molecular weight excluding hydrogens is 386 g/mol. The Kier molecular flexibility index (Phi) is 6.20. The van der Waals surface area contributed by atoms with Crippen LogP contribution in [0, 0.1) is 6.92 Å². The Morgan fingerprint density at radius 1 is 1.27 bits per heavy atom. The molecule has 0 radical (unpaired) electrons. The van der Waals surface area contributed by atoms with E-state index in [0.29, 0.717) is 47.3 Å². The summed E-state index contributed by atoms with van der Waals surface area (Å²) in [5, 5.41) is 2.80. The highest BCUT2D eigenvalue weighted by atomic mass is 16.5. The van der Waals surface area contributed by atoms with Crippen LogP contribution in [0.5, 0.6) is 5.75 Å². The molecule has 0 atom stereocenters. The van der Waals surface area contributed by atoms with Crippen LogP contribution in [0.4, 0.5) is 5.95 Å². The van der Waals surface area contributed by atoms with Crippen LogP contribution in [0.2, 0.25) is 0 Å². The highest BCUT2D eigenvalue weighted by molar-refractivity contribution is 6.04. The maximum Gasteiger partial charge on any atom is 0.295 e. The first-order valence-electron chi connectivity index (χ1n) is 9.70. The van der Waals surface area contributed by atoms with Gasteiger partial charge in [-0.1, -0.05) is 26.0 Å². The minimum atomic E-state index is -0.592. The Hall–Kier alpha value is -3.62. The van der Waals surface area contributed by atoms with E-state index in [1.807, 2.05) is 26.0 Å². The number of aromatic nitrogens is 3. The first-order valence-corrected chi connectivity index (χ1v) is 9.70. The van der Waals surface area contributed by atoms with E-state index >= 15 is 0 Å². The second-order valence-corrected chi connectivity index (χ2v) is 6.65. The molecule has 9 nitrogen and oxygen atoms in total. The number of primary amides is 1. The van der Waals surface area contributed by atoms with Gasteiger partial charge in [0, 0.05) is 19.0 Å². The number of imidazole rings is 1. The number of nitrogens with two attached hydrogens (primary N) is 1. The van der Waals surface area contributed by atoms with Gasteiger partial charge in [-0.2, -0.15) is 0 Å². The van der Waals surface area contributed by atoms with Gasteiger partial charge in [0.1, 0.15) is 11.3 Å². The van der Waals surface area contributed by atoms with Crippen LogP contribution < -0.4 is 15.8 Å². The predicted molar refractivity (Wildman–Crippen MR) is 113 cm³/mol. The minimum Gasteiger partial charge on any atom is -0.494 e. The number of nitrogens with one attached hydrogen (secondary N) is 1. The number of ether oxygens (including phenoxy) is 1. The Bertz CT molecular complexity index is 1130. The molecule has 0 unspecified atom stereocenters. The largest absolute Gasteiger partial charge is 0.494 e. The van der Waals surface area contributed by atoms with Crippen molar-refractivity contribution >= 4 is 28.8 Å². The van der Waals surface area contributed by atoms with E-state index in [0.717, 1.165) is 6.42 Å². The summed E-state index contributed by atoms with van der Waals surface area (Å²) in [7, 11) is 1.50. The van der Waals surface area contributed by atoms with Gasteiger partial charge in [0.15, 0.2) is 5.89 Å². The Balaban J connectivity index is 2.11. The van der Waals surface area contributed by atoms with Crippen LogP contribution in [0.3, 0.4) is 0 Å². The first kappa shape index (κ1) is 21.1. The van der Waals surface area contributed by atoms with E-state index in [-0.39, 0.29) is 11.3 Å². The summed E-state index contributed by atoms with van der Waals surface area (Å²) in [6.07, 6.45) is 5.41. The summed E-state index contributed by atoms with van der Waals surface area (Å²) in [6.45, 7) is 6.07. The molecule has 30 heavy (non-hydrogen) atoms. The fraction of sp³-hybridized carbons (Fsp3) is 0.333. The van der Waals surface area contributed by atoms with Gasteiger partial charge in [-0.25, -0.2) is 9.97 Å². The fourth-order valence-electron chi connectivity index (χ4n) is 3.19. The highest BCUT2D eigenvalue weighted by Gasteiger charge is 2.22. The lowest BCUT2D eigenvalue weighted by atomic mass is 10.1. The van der Waals surface area contributed by atoms with E-state index in [2.05, 4.69) is 15.3 Å². The average molecular weight is 411 g/mol. The second-order valence-electron chi connectivity index (χ2n) is 6.65. The molecule has 1 aromatic carbocycles. The number of methoxy groups -OCH3 is 1. The summed E-state index contributed by atoms with van der Waals surface area (Å²) in [5.41, 5.74) is 7.40. The zero-order chi connectivity index (χ0) is 21.8. The third-order valence-electron chi connectivity index (χ3n) is 4.57.